The molecule has 3 heterocycles. The average molecular weight is 355 g/mol. The summed E-state index contributed by atoms with van der Waals surface area (Å²) >= 11 is 0. The molecular weight excluding hydrogens is 330 g/mol. The van der Waals surface area contributed by atoms with Crippen LogP contribution in [0, 0.1) is 5.92 Å². The van der Waals surface area contributed by atoms with Gasteiger partial charge in [-0.3, -0.25) is 19.3 Å². The first-order chi connectivity index (χ1) is 12.6. The van der Waals surface area contributed by atoms with Gasteiger partial charge in [0.2, 0.25) is 5.91 Å². The third kappa shape index (κ3) is 4.09. The van der Waals surface area contributed by atoms with Gasteiger partial charge in [0.05, 0.1) is 23.5 Å². The molecule has 2 amide bonds. The fourth-order valence-electron chi connectivity index (χ4n) is 3.40. The van der Waals surface area contributed by atoms with E-state index < -0.39 is 0 Å². The molecular formula is C19H25N5O2. The summed E-state index contributed by atoms with van der Waals surface area (Å²) in [7, 11) is 0. The summed E-state index contributed by atoms with van der Waals surface area (Å²) in [4.78, 5) is 28.0. The van der Waals surface area contributed by atoms with Gasteiger partial charge in [0.15, 0.2) is 0 Å². The Morgan fingerprint density at radius 3 is 2.81 bits per heavy atom. The van der Waals surface area contributed by atoms with Crippen LogP contribution in [0.3, 0.4) is 0 Å². The van der Waals surface area contributed by atoms with E-state index in [9.17, 15) is 9.59 Å². The topological polar surface area (TPSA) is 88.9 Å². The molecule has 0 saturated carbocycles. The third-order valence-electron chi connectivity index (χ3n) is 4.89. The molecule has 1 aliphatic rings. The van der Waals surface area contributed by atoms with Crippen molar-refractivity contribution in [2.75, 3.05) is 6.54 Å². The highest BCUT2D eigenvalue weighted by atomic mass is 16.2. The van der Waals surface area contributed by atoms with Crippen LogP contribution in [-0.4, -0.2) is 33.1 Å². The van der Waals surface area contributed by atoms with Crippen LogP contribution in [0.15, 0.2) is 30.7 Å². The van der Waals surface area contributed by atoms with Gasteiger partial charge in [-0.2, -0.15) is 5.10 Å². The Morgan fingerprint density at radius 2 is 2.12 bits per heavy atom. The van der Waals surface area contributed by atoms with Crippen molar-refractivity contribution in [1.82, 2.24) is 25.4 Å². The average Bonchev–Trinajstić information content (AvgIpc) is 3.08. The maximum atomic E-state index is 12.8. The van der Waals surface area contributed by atoms with E-state index in [2.05, 4.69) is 20.7 Å². The van der Waals surface area contributed by atoms with Crippen LogP contribution in [0.4, 0.5) is 0 Å². The fraction of sp³-hybridized carbons (Fsp3) is 0.474. The number of nitrogens with one attached hydrogen (secondary N) is 2. The largest absolute Gasteiger partial charge is 0.356 e. The highest BCUT2D eigenvalue weighted by Gasteiger charge is 2.26. The minimum absolute atomic E-state index is 0.0230. The molecule has 0 aromatic carbocycles. The predicted octanol–water partition coefficient (Wildman–Crippen LogP) is 1.86. The van der Waals surface area contributed by atoms with Gasteiger partial charge in [0, 0.05) is 32.4 Å². The zero-order valence-corrected chi connectivity index (χ0v) is 15.2. The molecule has 0 bridgehead atoms. The highest BCUT2D eigenvalue weighted by Crippen LogP contribution is 2.24. The SMILES string of the molecule is CC[C@@H](NC(=O)c1cnn2c1C[C@H](CNC(C)=O)CC2)c1ccncc1. The normalized spacial score (nSPS) is 17.2. The summed E-state index contributed by atoms with van der Waals surface area (Å²) in [6, 6.07) is 3.79. The van der Waals surface area contributed by atoms with Crippen molar-refractivity contribution < 1.29 is 9.59 Å². The van der Waals surface area contributed by atoms with E-state index in [0.29, 0.717) is 18.0 Å². The standard InChI is InChI=1S/C19H25N5O2/c1-3-17(15-4-7-20-8-5-15)23-19(26)16-12-22-24-9-6-14(10-18(16)24)11-21-13(2)25/h4-5,7-8,12,14,17H,3,6,9-11H2,1-2H3,(H,21,25)(H,23,26)/t14-,17-/m1/s1. The van der Waals surface area contributed by atoms with Gasteiger partial charge >= 0.3 is 0 Å². The first kappa shape index (κ1) is 18.1. The highest BCUT2D eigenvalue weighted by molar-refractivity contribution is 5.95. The zero-order valence-electron chi connectivity index (χ0n) is 15.2. The number of carbonyl (C=O) groups is 2. The summed E-state index contributed by atoms with van der Waals surface area (Å²) in [6.45, 7) is 4.98. The number of pyridine rings is 1. The molecule has 0 radical (unpaired) electrons. The molecule has 0 aliphatic carbocycles. The van der Waals surface area contributed by atoms with Crippen molar-refractivity contribution >= 4 is 11.8 Å². The van der Waals surface area contributed by atoms with E-state index >= 15 is 0 Å². The Hall–Kier alpha value is -2.70. The Morgan fingerprint density at radius 1 is 1.35 bits per heavy atom. The number of amides is 2. The number of aromatic nitrogens is 3. The maximum Gasteiger partial charge on any atom is 0.255 e. The second-order valence-electron chi connectivity index (χ2n) is 6.74. The molecule has 3 rings (SSSR count). The lowest BCUT2D eigenvalue weighted by molar-refractivity contribution is -0.119. The van der Waals surface area contributed by atoms with Gasteiger partial charge in [0.25, 0.3) is 5.91 Å². The lowest BCUT2D eigenvalue weighted by Crippen LogP contribution is -2.33. The number of hydrogen-bond acceptors (Lipinski definition) is 4. The molecule has 7 heteroatoms. The first-order valence-electron chi connectivity index (χ1n) is 9.08. The first-order valence-corrected chi connectivity index (χ1v) is 9.08. The summed E-state index contributed by atoms with van der Waals surface area (Å²) in [6.07, 6.45) is 7.62. The van der Waals surface area contributed by atoms with Crippen molar-refractivity contribution in [3.8, 4) is 0 Å². The van der Waals surface area contributed by atoms with Crippen molar-refractivity contribution in [1.29, 1.82) is 0 Å². The van der Waals surface area contributed by atoms with Gasteiger partial charge in [0.1, 0.15) is 0 Å². The molecule has 0 fully saturated rings. The molecule has 7 nitrogen and oxygen atoms in total. The Bertz CT molecular complexity index is 771. The second-order valence-corrected chi connectivity index (χ2v) is 6.74. The van der Waals surface area contributed by atoms with Gasteiger partial charge in [-0.1, -0.05) is 6.92 Å². The molecule has 138 valence electrons. The Kier molecular flexibility index (Phi) is 5.65. The molecule has 2 atom stereocenters. The maximum absolute atomic E-state index is 12.8. The number of hydrogen-bond donors (Lipinski definition) is 2. The van der Waals surface area contributed by atoms with Crippen molar-refractivity contribution in [3.05, 3.63) is 47.5 Å². The quantitative estimate of drug-likeness (QED) is 0.828. The molecule has 0 unspecified atom stereocenters. The number of aryl methyl sites for hydroxylation is 1. The van der Waals surface area contributed by atoms with Crippen LogP contribution in [0.25, 0.3) is 0 Å². The van der Waals surface area contributed by atoms with Gasteiger partial charge in [-0.25, -0.2) is 0 Å². The lowest BCUT2D eigenvalue weighted by atomic mass is 9.94. The van der Waals surface area contributed by atoms with Crippen LogP contribution in [0.2, 0.25) is 0 Å². The fourth-order valence-corrected chi connectivity index (χ4v) is 3.40. The van der Waals surface area contributed by atoms with Crippen LogP contribution in [0.1, 0.15) is 54.3 Å². The smallest absolute Gasteiger partial charge is 0.255 e. The van der Waals surface area contributed by atoms with E-state index in [1.165, 1.54) is 6.92 Å². The van der Waals surface area contributed by atoms with Gasteiger partial charge in [-0.05, 0) is 42.9 Å². The summed E-state index contributed by atoms with van der Waals surface area (Å²) in [5.41, 5.74) is 2.62. The number of fused-ring (bicyclic) bond motifs is 1. The van der Waals surface area contributed by atoms with Crippen LogP contribution in [0.5, 0.6) is 0 Å². The summed E-state index contributed by atoms with van der Waals surface area (Å²) in [5.74, 6) is 0.206. The number of nitrogens with zero attached hydrogens (tertiary/aromatic N) is 3. The molecule has 2 N–H and O–H groups in total. The van der Waals surface area contributed by atoms with Crippen LogP contribution < -0.4 is 10.6 Å². The third-order valence-corrected chi connectivity index (χ3v) is 4.89. The minimum Gasteiger partial charge on any atom is -0.356 e. The Balaban J connectivity index is 1.71. The molecule has 26 heavy (non-hydrogen) atoms. The second kappa shape index (κ2) is 8.12. The summed E-state index contributed by atoms with van der Waals surface area (Å²) in [5, 5.41) is 10.4. The van der Waals surface area contributed by atoms with Crippen LogP contribution in [-0.2, 0) is 17.8 Å². The van der Waals surface area contributed by atoms with Crippen molar-refractivity contribution in [2.24, 2.45) is 5.92 Å². The van der Waals surface area contributed by atoms with Crippen molar-refractivity contribution in [3.63, 3.8) is 0 Å². The van der Waals surface area contributed by atoms with E-state index in [4.69, 9.17) is 0 Å². The monoisotopic (exact) mass is 355 g/mol. The van der Waals surface area contributed by atoms with E-state index in [1.54, 1.807) is 18.6 Å². The summed E-state index contributed by atoms with van der Waals surface area (Å²) < 4.78 is 1.91. The lowest BCUT2D eigenvalue weighted by Gasteiger charge is -2.24. The van der Waals surface area contributed by atoms with E-state index in [-0.39, 0.29) is 17.9 Å². The van der Waals surface area contributed by atoms with Gasteiger partial charge < -0.3 is 10.6 Å². The minimum atomic E-state index is -0.102. The number of carbonyl (C=O) groups excluding carboxylic acids is 2. The van der Waals surface area contributed by atoms with E-state index in [1.807, 2.05) is 23.7 Å². The van der Waals surface area contributed by atoms with Crippen molar-refractivity contribution in [2.45, 2.75) is 45.7 Å². The molecule has 1 aliphatic heterocycles. The van der Waals surface area contributed by atoms with E-state index in [0.717, 1.165) is 37.1 Å². The molecule has 0 saturated heterocycles. The molecule has 0 spiro atoms. The molecule has 2 aromatic rings. The number of rotatable bonds is 6. The van der Waals surface area contributed by atoms with Crippen LogP contribution >= 0.6 is 0 Å². The predicted molar refractivity (Wildman–Crippen MR) is 97.5 cm³/mol. The van der Waals surface area contributed by atoms with Gasteiger partial charge in [-0.15, -0.1) is 0 Å². The zero-order chi connectivity index (χ0) is 18.5. The Labute approximate surface area is 153 Å². The molecule has 2 aromatic heterocycles.